The fourth-order valence-corrected chi connectivity index (χ4v) is 3.12. The molecule has 0 spiro atoms. The fraction of sp³-hybridized carbons (Fsp3) is 0.333. The van der Waals surface area contributed by atoms with E-state index in [9.17, 15) is 15.0 Å². The lowest BCUT2D eigenvalue weighted by molar-refractivity contribution is -0.0299. The molecule has 1 aliphatic rings. The normalized spacial score (nSPS) is 25.0. The number of carbonyl (C=O) groups excluding carboxylic acids is 1. The van der Waals surface area contributed by atoms with Gasteiger partial charge in [0, 0.05) is 6.54 Å². The van der Waals surface area contributed by atoms with E-state index in [4.69, 9.17) is 4.74 Å². The van der Waals surface area contributed by atoms with E-state index in [0.29, 0.717) is 17.7 Å². The molecule has 1 amide bonds. The summed E-state index contributed by atoms with van der Waals surface area (Å²) >= 11 is 0. The molecule has 1 aliphatic heterocycles. The maximum absolute atomic E-state index is 12.6. The lowest BCUT2D eigenvalue weighted by Crippen LogP contribution is -2.30. The zero-order valence-corrected chi connectivity index (χ0v) is 14.6. The summed E-state index contributed by atoms with van der Waals surface area (Å²) in [4.78, 5) is 25.0. The summed E-state index contributed by atoms with van der Waals surface area (Å²) in [5.74, 6) is -0.377. The molecule has 140 valence electrons. The molecule has 0 aliphatic carbocycles. The molecule has 1 aromatic carbocycles. The van der Waals surface area contributed by atoms with Crippen molar-refractivity contribution in [1.82, 2.24) is 24.8 Å². The van der Waals surface area contributed by atoms with Crippen LogP contribution in [0, 0.1) is 0 Å². The first-order valence-electron chi connectivity index (χ1n) is 8.57. The van der Waals surface area contributed by atoms with Crippen LogP contribution in [0.15, 0.2) is 43.0 Å². The minimum Gasteiger partial charge on any atom is -0.388 e. The van der Waals surface area contributed by atoms with Gasteiger partial charge in [0.05, 0.1) is 12.4 Å². The summed E-state index contributed by atoms with van der Waals surface area (Å²) in [7, 11) is 0. The highest BCUT2D eigenvalue weighted by Crippen LogP contribution is 2.31. The van der Waals surface area contributed by atoms with Crippen LogP contribution in [0.5, 0.6) is 0 Å². The number of ether oxygens (including phenoxy) is 1. The minimum atomic E-state index is -1.12. The van der Waals surface area contributed by atoms with E-state index >= 15 is 0 Å². The molecule has 0 radical (unpaired) electrons. The Kier molecular flexibility index (Phi) is 4.56. The average molecular weight is 369 g/mol. The molecule has 3 heterocycles. The second-order valence-corrected chi connectivity index (χ2v) is 6.43. The number of hydrogen-bond donors (Lipinski definition) is 3. The van der Waals surface area contributed by atoms with Crippen LogP contribution in [0.1, 0.15) is 29.2 Å². The Morgan fingerprint density at radius 3 is 2.67 bits per heavy atom. The smallest absolute Gasteiger partial charge is 0.272 e. The topological polar surface area (TPSA) is 122 Å². The monoisotopic (exact) mass is 369 g/mol. The van der Waals surface area contributed by atoms with Crippen LogP contribution >= 0.6 is 0 Å². The molecule has 3 aromatic rings. The van der Waals surface area contributed by atoms with Crippen molar-refractivity contribution in [3.63, 3.8) is 0 Å². The Morgan fingerprint density at radius 2 is 1.96 bits per heavy atom. The lowest BCUT2D eigenvalue weighted by atomic mass is 10.1. The van der Waals surface area contributed by atoms with E-state index in [-0.39, 0.29) is 11.6 Å². The Labute approximate surface area is 154 Å². The number of nitrogens with zero attached hydrogens (tertiary/aromatic N) is 4. The molecular weight excluding hydrogens is 350 g/mol. The molecular formula is C18H19N5O4. The first kappa shape index (κ1) is 17.5. The van der Waals surface area contributed by atoms with Crippen molar-refractivity contribution in [2.75, 3.05) is 0 Å². The van der Waals surface area contributed by atoms with Crippen LogP contribution in [-0.4, -0.2) is 54.0 Å². The third kappa shape index (κ3) is 3.16. The molecule has 9 nitrogen and oxygen atoms in total. The molecule has 3 N–H and O–H groups in total. The number of amides is 1. The minimum absolute atomic E-state index is 0.135. The van der Waals surface area contributed by atoms with Crippen LogP contribution in [-0.2, 0) is 11.3 Å². The summed E-state index contributed by atoms with van der Waals surface area (Å²) in [5, 5.41) is 22.9. The van der Waals surface area contributed by atoms with E-state index in [1.165, 1.54) is 17.2 Å². The SMILES string of the molecule is C[C@H]1O[C@@H](n2cnc3c(C(=O)NCc4ccccc4)ncnc32)[C@H](O)[C@@H]1O. The molecule has 2 aromatic heterocycles. The van der Waals surface area contributed by atoms with Gasteiger partial charge in [0.1, 0.15) is 24.1 Å². The van der Waals surface area contributed by atoms with Gasteiger partial charge in [-0.2, -0.15) is 0 Å². The van der Waals surface area contributed by atoms with Gasteiger partial charge < -0.3 is 20.3 Å². The van der Waals surface area contributed by atoms with E-state index in [2.05, 4.69) is 20.3 Å². The van der Waals surface area contributed by atoms with Gasteiger partial charge in [-0.15, -0.1) is 0 Å². The predicted octanol–water partition coefficient (Wildman–Crippen LogP) is 0.395. The highest BCUT2D eigenvalue weighted by atomic mass is 16.6. The van der Waals surface area contributed by atoms with E-state index in [1.54, 1.807) is 6.92 Å². The predicted molar refractivity (Wildman–Crippen MR) is 94.5 cm³/mol. The maximum Gasteiger partial charge on any atom is 0.272 e. The van der Waals surface area contributed by atoms with Gasteiger partial charge in [-0.3, -0.25) is 9.36 Å². The molecule has 9 heteroatoms. The van der Waals surface area contributed by atoms with Gasteiger partial charge >= 0.3 is 0 Å². The third-order valence-corrected chi connectivity index (χ3v) is 4.62. The summed E-state index contributed by atoms with van der Waals surface area (Å²) in [6.07, 6.45) is -0.816. The summed E-state index contributed by atoms with van der Waals surface area (Å²) in [6, 6.07) is 9.53. The number of rotatable bonds is 4. The maximum atomic E-state index is 12.6. The van der Waals surface area contributed by atoms with Crippen LogP contribution in [0.3, 0.4) is 0 Å². The van der Waals surface area contributed by atoms with Gasteiger partial charge in [-0.05, 0) is 12.5 Å². The number of aromatic nitrogens is 4. The van der Waals surface area contributed by atoms with E-state index in [1.807, 2.05) is 30.3 Å². The Balaban J connectivity index is 1.60. The van der Waals surface area contributed by atoms with Crippen molar-refractivity contribution in [2.24, 2.45) is 0 Å². The number of benzene rings is 1. The van der Waals surface area contributed by atoms with Crippen molar-refractivity contribution >= 4 is 17.1 Å². The highest BCUT2D eigenvalue weighted by molar-refractivity contribution is 6.02. The molecule has 27 heavy (non-hydrogen) atoms. The first-order chi connectivity index (χ1) is 13.1. The Hall–Kier alpha value is -2.88. The van der Waals surface area contributed by atoms with Gasteiger partial charge in [0.2, 0.25) is 0 Å². The van der Waals surface area contributed by atoms with Crippen molar-refractivity contribution in [3.8, 4) is 0 Å². The Morgan fingerprint density at radius 1 is 1.19 bits per heavy atom. The number of imidazole rings is 1. The second-order valence-electron chi connectivity index (χ2n) is 6.43. The van der Waals surface area contributed by atoms with Crippen LogP contribution < -0.4 is 5.32 Å². The Bertz CT molecular complexity index is 961. The standard InChI is InChI=1S/C18H19N5O4/c1-10-14(24)15(25)18(27-10)23-9-22-12-13(20-8-21-16(12)23)17(26)19-7-11-5-3-2-4-6-11/h2-6,8-10,14-15,18,24-25H,7H2,1H3,(H,19,26)/t10-,14-,15-,18-/m1/s1. The third-order valence-electron chi connectivity index (χ3n) is 4.62. The number of aliphatic hydroxyl groups excluding tert-OH is 2. The van der Waals surface area contributed by atoms with Crippen molar-refractivity contribution < 1.29 is 19.7 Å². The molecule has 1 saturated heterocycles. The summed E-state index contributed by atoms with van der Waals surface area (Å²) in [5.41, 5.74) is 1.75. The number of fused-ring (bicyclic) bond motifs is 1. The average Bonchev–Trinajstić information content (AvgIpc) is 3.23. The van der Waals surface area contributed by atoms with Crippen molar-refractivity contribution in [1.29, 1.82) is 0 Å². The number of nitrogens with one attached hydrogen (secondary N) is 1. The van der Waals surface area contributed by atoms with Gasteiger partial charge in [0.15, 0.2) is 17.6 Å². The fourth-order valence-electron chi connectivity index (χ4n) is 3.12. The highest BCUT2D eigenvalue weighted by Gasteiger charge is 2.42. The van der Waals surface area contributed by atoms with Crippen LogP contribution in [0.4, 0.5) is 0 Å². The van der Waals surface area contributed by atoms with Crippen LogP contribution in [0.25, 0.3) is 11.2 Å². The first-order valence-corrected chi connectivity index (χ1v) is 8.57. The van der Waals surface area contributed by atoms with Gasteiger partial charge in [-0.25, -0.2) is 15.0 Å². The second kappa shape index (κ2) is 7.03. The van der Waals surface area contributed by atoms with Crippen molar-refractivity contribution in [3.05, 3.63) is 54.2 Å². The van der Waals surface area contributed by atoms with E-state index < -0.39 is 24.5 Å². The zero-order chi connectivity index (χ0) is 19.0. The lowest BCUT2D eigenvalue weighted by Gasteiger charge is -2.16. The molecule has 0 unspecified atom stereocenters. The quantitative estimate of drug-likeness (QED) is 0.608. The molecule has 0 bridgehead atoms. The summed E-state index contributed by atoms with van der Waals surface area (Å²) in [6.45, 7) is 2.03. The number of aliphatic hydroxyl groups is 2. The van der Waals surface area contributed by atoms with Gasteiger partial charge in [0.25, 0.3) is 5.91 Å². The molecule has 0 saturated carbocycles. The zero-order valence-electron chi connectivity index (χ0n) is 14.6. The molecule has 4 atom stereocenters. The largest absolute Gasteiger partial charge is 0.388 e. The number of carbonyl (C=O) groups is 1. The summed E-state index contributed by atoms with van der Waals surface area (Å²) < 4.78 is 7.11. The molecule has 4 rings (SSSR count). The van der Waals surface area contributed by atoms with Crippen LogP contribution in [0.2, 0.25) is 0 Å². The molecule has 1 fully saturated rings. The number of hydrogen-bond acceptors (Lipinski definition) is 7. The van der Waals surface area contributed by atoms with E-state index in [0.717, 1.165) is 5.56 Å². The van der Waals surface area contributed by atoms with Gasteiger partial charge in [-0.1, -0.05) is 30.3 Å². The van der Waals surface area contributed by atoms with Crippen molar-refractivity contribution in [2.45, 2.75) is 38.0 Å².